The number of nitro groups is 1. The van der Waals surface area contributed by atoms with Gasteiger partial charge in [0.15, 0.2) is 0 Å². The number of hydrogen-bond donors (Lipinski definition) is 1. The van der Waals surface area contributed by atoms with Gasteiger partial charge in [0.2, 0.25) is 0 Å². The Bertz CT molecular complexity index is 628. The third kappa shape index (κ3) is 3.32. The van der Waals surface area contributed by atoms with E-state index in [-0.39, 0.29) is 11.7 Å². The highest BCUT2D eigenvalue weighted by atomic mass is 79.9. The molecule has 0 saturated heterocycles. The minimum atomic E-state index is -0.401. The van der Waals surface area contributed by atoms with Gasteiger partial charge in [-0.2, -0.15) is 0 Å². The van der Waals surface area contributed by atoms with Gasteiger partial charge >= 0.3 is 0 Å². The summed E-state index contributed by atoms with van der Waals surface area (Å²) in [7, 11) is 1.80. The molecule has 0 saturated carbocycles. The molecule has 0 unspecified atom stereocenters. The molecular formula is C12H14BrN5O2. The van der Waals surface area contributed by atoms with Crippen molar-refractivity contribution < 1.29 is 4.92 Å². The van der Waals surface area contributed by atoms with Crippen LogP contribution in [0.3, 0.4) is 0 Å². The maximum atomic E-state index is 11.0. The van der Waals surface area contributed by atoms with Gasteiger partial charge in [-0.3, -0.25) is 14.8 Å². The van der Waals surface area contributed by atoms with E-state index in [9.17, 15) is 10.1 Å². The number of halogens is 1. The summed E-state index contributed by atoms with van der Waals surface area (Å²) in [5.41, 5.74) is 1.36. The molecule has 0 aliphatic carbocycles. The van der Waals surface area contributed by atoms with Crippen molar-refractivity contribution >= 4 is 27.3 Å². The monoisotopic (exact) mass is 339 g/mol. The first kappa shape index (κ1) is 14.4. The molecule has 8 heteroatoms. The zero-order chi connectivity index (χ0) is 14.7. The molecule has 1 aromatic heterocycles. The van der Waals surface area contributed by atoms with Gasteiger partial charge in [-0.05, 0) is 28.9 Å². The summed E-state index contributed by atoms with van der Waals surface area (Å²) in [5.74, 6) is 0. The number of aromatic nitrogens is 3. The lowest BCUT2D eigenvalue weighted by Crippen LogP contribution is -2.19. The second-order valence-corrected chi connectivity index (χ2v) is 5.38. The first-order chi connectivity index (χ1) is 9.47. The molecule has 7 nitrogen and oxygen atoms in total. The fraction of sp³-hybridized carbons (Fsp3) is 0.333. The quantitative estimate of drug-likeness (QED) is 0.668. The van der Waals surface area contributed by atoms with Gasteiger partial charge in [0.25, 0.3) is 5.69 Å². The summed E-state index contributed by atoms with van der Waals surface area (Å²) >= 11 is 3.33. The number of nitrogens with zero attached hydrogens (tertiary/aromatic N) is 4. The zero-order valence-electron chi connectivity index (χ0n) is 11.1. The minimum absolute atomic E-state index is 0.0101. The molecule has 0 bridgehead atoms. The van der Waals surface area contributed by atoms with Crippen LogP contribution in [0.2, 0.25) is 0 Å². The van der Waals surface area contributed by atoms with Gasteiger partial charge in [0.05, 0.1) is 10.6 Å². The van der Waals surface area contributed by atoms with E-state index in [1.54, 1.807) is 23.9 Å². The number of para-hydroxylation sites is 1. The van der Waals surface area contributed by atoms with Gasteiger partial charge in [-0.1, -0.05) is 11.3 Å². The van der Waals surface area contributed by atoms with Crippen LogP contribution in [-0.4, -0.2) is 26.0 Å². The minimum Gasteiger partial charge on any atom is -0.376 e. The standard InChI is InChI=1S/C12H14BrN5O2/c1-8(6-9-7-17(2)16-15-9)14-12-10(13)4-3-5-11(12)18(19)20/h3-5,7-8,14H,6H2,1-2H3/t8-/m1/s1. The molecule has 0 fully saturated rings. The molecule has 1 N–H and O–H groups in total. The number of benzene rings is 1. The van der Waals surface area contributed by atoms with Crippen LogP contribution in [0, 0.1) is 10.1 Å². The van der Waals surface area contributed by atoms with Crippen LogP contribution >= 0.6 is 15.9 Å². The van der Waals surface area contributed by atoms with Crippen LogP contribution in [0.25, 0.3) is 0 Å². The number of aryl methyl sites for hydroxylation is 1. The smallest absolute Gasteiger partial charge is 0.293 e. The lowest BCUT2D eigenvalue weighted by atomic mass is 10.1. The predicted molar refractivity (Wildman–Crippen MR) is 78.6 cm³/mol. The highest BCUT2D eigenvalue weighted by Crippen LogP contribution is 2.32. The molecule has 1 atom stereocenters. The Hall–Kier alpha value is -1.96. The maximum Gasteiger partial charge on any atom is 0.293 e. The highest BCUT2D eigenvalue weighted by molar-refractivity contribution is 9.10. The van der Waals surface area contributed by atoms with Crippen molar-refractivity contribution in [2.24, 2.45) is 7.05 Å². The summed E-state index contributed by atoms with van der Waals surface area (Å²) in [4.78, 5) is 10.6. The second-order valence-electron chi connectivity index (χ2n) is 4.52. The predicted octanol–water partition coefficient (Wildman–Crippen LogP) is 2.53. The van der Waals surface area contributed by atoms with Gasteiger partial charge in [-0.15, -0.1) is 5.10 Å². The highest BCUT2D eigenvalue weighted by Gasteiger charge is 2.18. The van der Waals surface area contributed by atoms with Crippen molar-refractivity contribution in [2.75, 3.05) is 5.32 Å². The maximum absolute atomic E-state index is 11.0. The Morgan fingerprint density at radius 3 is 2.90 bits per heavy atom. The molecule has 0 aliphatic rings. The Morgan fingerprint density at radius 2 is 2.30 bits per heavy atom. The Kier molecular flexibility index (Phi) is 4.33. The SMILES string of the molecule is C[C@H](Cc1cn(C)nn1)Nc1c(Br)cccc1[N+](=O)[O-]. The molecule has 2 rings (SSSR count). The number of rotatable bonds is 5. The second kappa shape index (κ2) is 6.00. The summed E-state index contributed by atoms with van der Waals surface area (Å²) in [6, 6.07) is 4.87. The summed E-state index contributed by atoms with van der Waals surface area (Å²) in [6.07, 6.45) is 2.46. The third-order valence-corrected chi connectivity index (χ3v) is 3.41. The van der Waals surface area contributed by atoms with Crippen LogP contribution in [0.15, 0.2) is 28.9 Å². The lowest BCUT2D eigenvalue weighted by molar-refractivity contribution is -0.384. The molecule has 0 amide bonds. The van der Waals surface area contributed by atoms with Crippen molar-refractivity contribution in [3.05, 3.63) is 44.7 Å². The fourth-order valence-electron chi connectivity index (χ4n) is 1.91. The van der Waals surface area contributed by atoms with Crippen molar-refractivity contribution in [3.8, 4) is 0 Å². The van der Waals surface area contributed by atoms with Crippen molar-refractivity contribution in [3.63, 3.8) is 0 Å². The first-order valence-corrected chi connectivity index (χ1v) is 6.81. The van der Waals surface area contributed by atoms with Gasteiger partial charge < -0.3 is 5.32 Å². The summed E-state index contributed by atoms with van der Waals surface area (Å²) in [5, 5.41) is 22.1. The normalized spacial score (nSPS) is 12.2. The molecule has 2 aromatic rings. The number of hydrogen-bond acceptors (Lipinski definition) is 5. The fourth-order valence-corrected chi connectivity index (χ4v) is 2.38. The van der Waals surface area contributed by atoms with Crippen molar-refractivity contribution in [1.29, 1.82) is 0 Å². The molecule has 106 valence electrons. The van der Waals surface area contributed by atoms with Gasteiger partial charge in [0.1, 0.15) is 5.69 Å². The van der Waals surface area contributed by atoms with Crippen LogP contribution in [-0.2, 0) is 13.5 Å². The molecule has 1 aromatic carbocycles. The average Bonchev–Trinajstić information content (AvgIpc) is 2.77. The Morgan fingerprint density at radius 1 is 1.55 bits per heavy atom. The molecule has 1 heterocycles. The Balaban J connectivity index is 2.15. The van der Waals surface area contributed by atoms with Crippen LogP contribution in [0.5, 0.6) is 0 Å². The topological polar surface area (TPSA) is 85.9 Å². The van der Waals surface area contributed by atoms with Crippen molar-refractivity contribution in [2.45, 2.75) is 19.4 Å². The van der Waals surface area contributed by atoms with Gasteiger partial charge in [-0.25, -0.2) is 0 Å². The molecule has 0 spiro atoms. The lowest BCUT2D eigenvalue weighted by Gasteiger charge is -2.15. The van der Waals surface area contributed by atoms with E-state index in [1.165, 1.54) is 6.07 Å². The zero-order valence-corrected chi connectivity index (χ0v) is 12.7. The van der Waals surface area contributed by atoms with Crippen LogP contribution < -0.4 is 5.32 Å². The third-order valence-electron chi connectivity index (χ3n) is 2.74. The molecule has 0 radical (unpaired) electrons. The van der Waals surface area contributed by atoms with Crippen LogP contribution in [0.1, 0.15) is 12.6 Å². The number of nitro benzene ring substituents is 1. The van der Waals surface area contributed by atoms with E-state index >= 15 is 0 Å². The van der Waals surface area contributed by atoms with E-state index in [0.29, 0.717) is 16.6 Å². The average molecular weight is 340 g/mol. The van der Waals surface area contributed by atoms with Crippen molar-refractivity contribution in [1.82, 2.24) is 15.0 Å². The summed E-state index contributed by atoms with van der Waals surface area (Å²) < 4.78 is 2.29. The Labute approximate surface area is 124 Å². The first-order valence-electron chi connectivity index (χ1n) is 6.02. The van der Waals surface area contributed by atoms with E-state index in [4.69, 9.17) is 0 Å². The summed E-state index contributed by atoms with van der Waals surface area (Å²) in [6.45, 7) is 1.94. The van der Waals surface area contributed by atoms with E-state index < -0.39 is 4.92 Å². The number of anilines is 1. The molecular weight excluding hydrogens is 326 g/mol. The number of nitrogens with one attached hydrogen (secondary N) is 1. The van der Waals surface area contributed by atoms with E-state index in [0.717, 1.165) is 5.69 Å². The molecule has 20 heavy (non-hydrogen) atoms. The van der Waals surface area contributed by atoms with Crippen LogP contribution in [0.4, 0.5) is 11.4 Å². The largest absolute Gasteiger partial charge is 0.376 e. The van der Waals surface area contributed by atoms with E-state index in [1.807, 2.05) is 13.1 Å². The van der Waals surface area contributed by atoms with Gasteiger partial charge in [0, 0.05) is 36.2 Å². The van der Waals surface area contributed by atoms with E-state index in [2.05, 4.69) is 31.6 Å². The molecule has 0 aliphatic heterocycles.